The smallest absolute Gasteiger partial charge is 0.269 e. The summed E-state index contributed by atoms with van der Waals surface area (Å²) >= 11 is 0. The van der Waals surface area contributed by atoms with Gasteiger partial charge in [0.1, 0.15) is 0 Å². The second-order valence-corrected chi connectivity index (χ2v) is 5.12. The van der Waals surface area contributed by atoms with Crippen LogP contribution in [0.1, 0.15) is 29.5 Å². The minimum atomic E-state index is -0.397. The normalized spacial score (nSPS) is 10.1. The number of nitrogens with two attached hydrogens (primary N) is 1. The molecule has 0 atom stereocenters. The summed E-state index contributed by atoms with van der Waals surface area (Å²) in [7, 11) is 0. The van der Waals surface area contributed by atoms with Gasteiger partial charge in [0.2, 0.25) is 0 Å². The van der Waals surface area contributed by atoms with Gasteiger partial charge in [-0.2, -0.15) is 5.26 Å². The molecule has 2 aromatic rings. The maximum absolute atomic E-state index is 10.6. The Morgan fingerprint density at radius 1 is 1.09 bits per heavy atom. The molecular formula is C17H17N3O2. The lowest BCUT2D eigenvalue weighted by atomic mass is 9.99. The minimum absolute atomic E-state index is 0.111. The Bertz CT molecular complexity index is 703. The Morgan fingerprint density at radius 2 is 1.77 bits per heavy atom. The highest BCUT2D eigenvalue weighted by Crippen LogP contribution is 2.20. The average molecular weight is 295 g/mol. The van der Waals surface area contributed by atoms with Gasteiger partial charge in [-0.15, -0.1) is 0 Å². The van der Waals surface area contributed by atoms with Crippen LogP contribution in [0.4, 0.5) is 11.4 Å². The molecule has 0 amide bonds. The van der Waals surface area contributed by atoms with E-state index in [1.54, 1.807) is 24.3 Å². The van der Waals surface area contributed by atoms with Crippen LogP contribution in [0, 0.1) is 21.4 Å². The number of nitrogens with zero attached hydrogens (tertiary/aromatic N) is 2. The second kappa shape index (κ2) is 7.23. The van der Waals surface area contributed by atoms with Crippen LogP contribution in [0.3, 0.4) is 0 Å². The molecule has 0 saturated carbocycles. The van der Waals surface area contributed by atoms with Gasteiger partial charge in [0.15, 0.2) is 0 Å². The average Bonchev–Trinajstić information content (AvgIpc) is 2.53. The molecule has 0 bridgehead atoms. The molecule has 0 aliphatic heterocycles. The van der Waals surface area contributed by atoms with Gasteiger partial charge in [0.05, 0.1) is 16.6 Å². The van der Waals surface area contributed by atoms with E-state index in [0.29, 0.717) is 11.3 Å². The van der Waals surface area contributed by atoms with Crippen molar-refractivity contribution in [3.8, 4) is 6.07 Å². The number of nitrogen functional groups attached to an aromatic ring is 1. The Kier molecular flexibility index (Phi) is 5.10. The van der Waals surface area contributed by atoms with Crippen LogP contribution < -0.4 is 5.73 Å². The lowest BCUT2D eigenvalue weighted by molar-refractivity contribution is -0.384. The lowest BCUT2D eigenvalue weighted by Crippen LogP contribution is -1.98. The number of rotatable bonds is 6. The number of nitro benzene ring substituents is 1. The fourth-order valence-electron chi connectivity index (χ4n) is 2.40. The van der Waals surface area contributed by atoms with E-state index in [1.807, 2.05) is 6.07 Å². The first kappa shape index (κ1) is 15.5. The largest absolute Gasteiger partial charge is 0.398 e. The fourth-order valence-corrected chi connectivity index (χ4v) is 2.40. The molecule has 0 saturated heterocycles. The monoisotopic (exact) mass is 295 g/mol. The van der Waals surface area contributed by atoms with Crippen LogP contribution in [0.2, 0.25) is 0 Å². The Morgan fingerprint density at radius 3 is 2.41 bits per heavy atom. The molecule has 2 aromatic carbocycles. The van der Waals surface area contributed by atoms with Gasteiger partial charge in [-0.25, -0.2) is 0 Å². The molecule has 5 heteroatoms. The number of benzene rings is 2. The van der Waals surface area contributed by atoms with Gasteiger partial charge in [0.25, 0.3) is 5.69 Å². The molecule has 0 heterocycles. The summed E-state index contributed by atoms with van der Waals surface area (Å²) in [6.07, 6.45) is 3.48. The number of anilines is 1. The summed E-state index contributed by atoms with van der Waals surface area (Å²) in [4.78, 5) is 10.2. The van der Waals surface area contributed by atoms with Gasteiger partial charge in [-0.05, 0) is 48.9 Å². The van der Waals surface area contributed by atoms with E-state index < -0.39 is 4.92 Å². The fraction of sp³-hybridized carbons (Fsp3) is 0.235. The molecular weight excluding hydrogens is 278 g/mol. The van der Waals surface area contributed by atoms with Crippen LogP contribution in [0.15, 0.2) is 42.5 Å². The van der Waals surface area contributed by atoms with E-state index in [0.717, 1.165) is 36.8 Å². The highest BCUT2D eigenvalue weighted by molar-refractivity contribution is 5.55. The standard InChI is InChI=1S/C17H17N3O2/c18-12-14-5-3-7-17(19)16(14)6-2-1-4-13-8-10-15(11-9-13)20(21)22/h3,5,7-11H,1-2,4,6,19H2. The molecule has 2 N–H and O–H groups in total. The van der Waals surface area contributed by atoms with E-state index in [-0.39, 0.29) is 5.69 Å². The zero-order valence-electron chi connectivity index (χ0n) is 12.2. The number of unbranched alkanes of at least 4 members (excludes halogenated alkanes) is 1. The third-order valence-electron chi connectivity index (χ3n) is 3.62. The van der Waals surface area contributed by atoms with E-state index in [4.69, 9.17) is 11.0 Å². The van der Waals surface area contributed by atoms with Crippen LogP contribution in [-0.2, 0) is 12.8 Å². The van der Waals surface area contributed by atoms with E-state index in [9.17, 15) is 10.1 Å². The summed E-state index contributed by atoms with van der Waals surface area (Å²) in [5.74, 6) is 0. The van der Waals surface area contributed by atoms with E-state index >= 15 is 0 Å². The molecule has 22 heavy (non-hydrogen) atoms. The van der Waals surface area contributed by atoms with Crippen LogP contribution in [0.25, 0.3) is 0 Å². The number of aryl methyl sites for hydroxylation is 1. The molecule has 0 aromatic heterocycles. The molecule has 5 nitrogen and oxygen atoms in total. The number of nitro groups is 1. The van der Waals surface area contributed by atoms with Crippen molar-refractivity contribution >= 4 is 11.4 Å². The number of non-ortho nitro benzene ring substituents is 1. The maximum Gasteiger partial charge on any atom is 0.269 e. The van der Waals surface area contributed by atoms with Crippen molar-refractivity contribution in [2.24, 2.45) is 0 Å². The quantitative estimate of drug-likeness (QED) is 0.381. The van der Waals surface area contributed by atoms with Crippen molar-refractivity contribution in [2.75, 3.05) is 5.73 Å². The first-order valence-electron chi connectivity index (χ1n) is 7.12. The van der Waals surface area contributed by atoms with Crippen LogP contribution in [0.5, 0.6) is 0 Å². The maximum atomic E-state index is 10.6. The van der Waals surface area contributed by atoms with Crippen molar-refractivity contribution in [2.45, 2.75) is 25.7 Å². The Balaban J connectivity index is 1.87. The second-order valence-electron chi connectivity index (χ2n) is 5.12. The molecule has 0 aliphatic rings. The summed E-state index contributed by atoms with van der Waals surface area (Å²) in [6.45, 7) is 0. The summed E-state index contributed by atoms with van der Waals surface area (Å²) in [6, 6.07) is 14.2. The third kappa shape index (κ3) is 3.83. The topological polar surface area (TPSA) is 93.0 Å². The molecule has 0 aliphatic carbocycles. The van der Waals surface area contributed by atoms with Crippen molar-refractivity contribution in [1.29, 1.82) is 5.26 Å². The Hall–Kier alpha value is -2.87. The Labute approximate surface area is 129 Å². The molecule has 2 rings (SSSR count). The van der Waals surface area contributed by atoms with Crippen molar-refractivity contribution < 1.29 is 4.92 Å². The summed E-state index contributed by atoms with van der Waals surface area (Å²) in [5.41, 5.74) is 9.31. The zero-order chi connectivity index (χ0) is 15.9. The van der Waals surface area contributed by atoms with Crippen LogP contribution >= 0.6 is 0 Å². The zero-order valence-corrected chi connectivity index (χ0v) is 12.2. The van der Waals surface area contributed by atoms with Crippen molar-refractivity contribution in [3.05, 3.63) is 69.3 Å². The summed E-state index contributed by atoms with van der Waals surface area (Å²) < 4.78 is 0. The number of hydrogen-bond acceptors (Lipinski definition) is 4. The molecule has 0 spiro atoms. The molecule has 0 fully saturated rings. The minimum Gasteiger partial charge on any atom is -0.398 e. The van der Waals surface area contributed by atoms with Gasteiger partial charge >= 0.3 is 0 Å². The van der Waals surface area contributed by atoms with Gasteiger partial charge in [-0.1, -0.05) is 18.2 Å². The van der Waals surface area contributed by atoms with Crippen LogP contribution in [-0.4, -0.2) is 4.92 Å². The first-order chi connectivity index (χ1) is 10.6. The van der Waals surface area contributed by atoms with Crippen molar-refractivity contribution in [1.82, 2.24) is 0 Å². The molecule has 0 radical (unpaired) electrons. The predicted molar refractivity (Wildman–Crippen MR) is 85.3 cm³/mol. The highest BCUT2D eigenvalue weighted by Gasteiger charge is 2.06. The van der Waals surface area contributed by atoms with E-state index in [1.165, 1.54) is 12.1 Å². The number of hydrogen-bond donors (Lipinski definition) is 1. The van der Waals surface area contributed by atoms with Gasteiger partial charge in [-0.3, -0.25) is 10.1 Å². The molecule has 112 valence electrons. The lowest BCUT2D eigenvalue weighted by Gasteiger charge is -2.07. The molecule has 0 unspecified atom stereocenters. The highest BCUT2D eigenvalue weighted by atomic mass is 16.6. The first-order valence-corrected chi connectivity index (χ1v) is 7.12. The van der Waals surface area contributed by atoms with Gasteiger partial charge in [0, 0.05) is 17.8 Å². The SMILES string of the molecule is N#Cc1cccc(N)c1CCCCc1ccc([N+](=O)[O-])cc1. The number of nitriles is 1. The third-order valence-corrected chi connectivity index (χ3v) is 3.62. The van der Waals surface area contributed by atoms with Gasteiger partial charge < -0.3 is 5.73 Å². The van der Waals surface area contributed by atoms with Crippen molar-refractivity contribution in [3.63, 3.8) is 0 Å². The van der Waals surface area contributed by atoms with E-state index in [2.05, 4.69) is 6.07 Å². The predicted octanol–water partition coefficient (Wildman–Crippen LogP) is 3.61. The summed E-state index contributed by atoms with van der Waals surface area (Å²) in [5, 5.41) is 19.7.